The Morgan fingerprint density at radius 1 is 0.483 bits per heavy atom. The van der Waals surface area contributed by atoms with E-state index >= 15 is 0 Å². The Hall–Kier alpha value is -0.200. The molecule has 4 N–H and O–H groups in total. The summed E-state index contributed by atoms with van der Waals surface area (Å²) in [5.41, 5.74) is -4.71. The summed E-state index contributed by atoms with van der Waals surface area (Å²) in [7, 11) is 0. The molecule has 5 nitrogen and oxygen atoms in total. The number of aliphatic hydroxyl groups is 4. The Labute approximate surface area is 179 Å². The van der Waals surface area contributed by atoms with Crippen LogP contribution >= 0.6 is 0 Å². The van der Waals surface area contributed by atoms with E-state index in [1.165, 1.54) is 0 Å². The molecule has 0 radical (unpaired) electrons. The number of ether oxygens (including phenoxy) is 1. The van der Waals surface area contributed by atoms with Crippen molar-refractivity contribution in [2.24, 2.45) is 0 Å². The predicted octanol–water partition coefficient (Wildman–Crippen LogP) is 4.73. The van der Waals surface area contributed by atoms with Crippen LogP contribution in [-0.2, 0) is 4.74 Å². The summed E-state index contributed by atoms with van der Waals surface area (Å²) in [6.07, 6.45) is 7.90. The van der Waals surface area contributed by atoms with E-state index in [2.05, 4.69) is 27.7 Å². The van der Waals surface area contributed by atoms with Crippen LogP contribution in [0.2, 0.25) is 0 Å². The summed E-state index contributed by atoms with van der Waals surface area (Å²) in [4.78, 5) is 0. The fourth-order valence-electron chi connectivity index (χ4n) is 5.29. The molecular formula is C24H50O5. The third kappa shape index (κ3) is 6.39. The summed E-state index contributed by atoms with van der Waals surface area (Å²) in [6, 6.07) is 0. The van der Waals surface area contributed by atoms with Crippen LogP contribution in [-0.4, -0.2) is 56.0 Å². The normalized spacial score (nSPS) is 17.2. The van der Waals surface area contributed by atoms with Crippen LogP contribution in [0.1, 0.15) is 119 Å². The van der Waals surface area contributed by atoms with Gasteiger partial charge in [0.15, 0.2) is 0 Å². The van der Waals surface area contributed by atoms with Gasteiger partial charge in [0, 0.05) is 0 Å². The number of rotatable bonds is 18. The van der Waals surface area contributed by atoms with Crippen molar-refractivity contribution < 1.29 is 25.2 Å². The zero-order chi connectivity index (χ0) is 22.6. The highest BCUT2D eigenvalue weighted by molar-refractivity contribution is 5.08. The quantitative estimate of drug-likeness (QED) is 0.258. The molecule has 0 aliphatic rings. The molecule has 0 aromatic rings. The lowest BCUT2D eigenvalue weighted by Crippen LogP contribution is -2.67. The second kappa shape index (κ2) is 13.3. The van der Waals surface area contributed by atoms with Crippen molar-refractivity contribution in [3.05, 3.63) is 0 Å². The van der Waals surface area contributed by atoms with Gasteiger partial charge in [-0.25, -0.2) is 0 Å². The molecule has 0 saturated heterocycles. The molecule has 0 amide bonds. The van der Waals surface area contributed by atoms with Crippen molar-refractivity contribution in [1.82, 2.24) is 0 Å². The molecule has 0 heterocycles. The van der Waals surface area contributed by atoms with Crippen LogP contribution in [0.3, 0.4) is 0 Å². The average Bonchev–Trinajstić information content (AvgIpc) is 2.68. The summed E-state index contributed by atoms with van der Waals surface area (Å²) < 4.78 is 6.98. The highest BCUT2D eigenvalue weighted by Gasteiger charge is 2.58. The van der Waals surface area contributed by atoms with Gasteiger partial charge >= 0.3 is 0 Å². The minimum atomic E-state index is -1.39. The molecule has 0 aliphatic heterocycles. The minimum absolute atomic E-state index is 0.375. The predicted molar refractivity (Wildman–Crippen MR) is 120 cm³/mol. The smallest absolute Gasteiger partial charge is 0.116 e. The molecule has 0 aliphatic carbocycles. The van der Waals surface area contributed by atoms with E-state index in [9.17, 15) is 20.4 Å². The van der Waals surface area contributed by atoms with Gasteiger partial charge in [0.05, 0.1) is 24.4 Å². The van der Waals surface area contributed by atoms with Crippen molar-refractivity contribution in [3.63, 3.8) is 0 Å². The van der Waals surface area contributed by atoms with Crippen molar-refractivity contribution >= 4 is 0 Å². The number of hydrogen-bond donors (Lipinski definition) is 4. The van der Waals surface area contributed by atoms with Gasteiger partial charge in [-0.1, -0.05) is 80.1 Å². The maximum Gasteiger partial charge on any atom is 0.116 e. The van der Waals surface area contributed by atoms with Gasteiger partial charge in [0.1, 0.15) is 11.2 Å². The molecular weight excluding hydrogens is 368 g/mol. The first-order valence-electron chi connectivity index (χ1n) is 12.1. The Balaban J connectivity index is 6.69. The average molecular weight is 419 g/mol. The lowest BCUT2D eigenvalue weighted by atomic mass is 9.70. The van der Waals surface area contributed by atoms with Crippen LogP contribution in [0, 0.1) is 0 Å². The van der Waals surface area contributed by atoms with Gasteiger partial charge in [-0.15, -0.1) is 0 Å². The molecule has 0 bridgehead atoms. The molecule has 2 atom stereocenters. The minimum Gasteiger partial charge on any atom is -0.393 e. The standard InChI is InChI=1S/C24H50O5/c1-7-13-21(27,19-25)23(15-9-3,16-10-4)29-24(17-11-5,18-12-6)22(28,20-26)14-8-2/h25-28H,7-20H2,1-6H3. The number of hydrogen-bond acceptors (Lipinski definition) is 5. The first-order valence-corrected chi connectivity index (χ1v) is 12.1. The van der Waals surface area contributed by atoms with Gasteiger partial charge in [0.2, 0.25) is 0 Å². The fourth-order valence-corrected chi connectivity index (χ4v) is 5.29. The largest absolute Gasteiger partial charge is 0.393 e. The lowest BCUT2D eigenvalue weighted by molar-refractivity contribution is -0.309. The van der Waals surface area contributed by atoms with E-state index < -0.39 is 22.4 Å². The lowest BCUT2D eigenvalue weighted by Gasteiger charge is -2.56. The van der Waals surface area contributed by atoms with Crippen LogP contribution in [0.4, 0.5) is 0 Å². The maximum absolute atomic E-state index is 11.6. The third-order valence-electron chi connectivity index (χ3n) is 6.55. The molecule has 0 aromatic heterocycles. The SMILES string of the molecule is CCCC(O)(CO)C(CCC)(CCC)OC(CCC)(CCC)C(O)(CO)CCC. The first kappa shape index (κ1) is 28.8. The van der Waals surface area contributed by atoms with Crippen LogP contribution in [0.25, 0.3) is 0 Å². The highest BCUT2D eigenvalue weighted by Crippen LogP contribution is 2.48. The monoisotopic (exact) mass is 418 g/mol. The second-order valence-electron chi connectivity index (χ2n) is 8.97. The second-order valence-corrected chi connectivity index (χ2v) is 8.97. The van der Waals surface area contributed by atoms with E-state index in [1.54, 1.807) is 0 Å². The Bertz CT molecular complexity index is 377. The van der Waals surface area contributed by atoms with E-state index in [0.717, 1.165) is 38.5 Å². The summed E-state index contributed by atoms with van der Waals surface area (Å²) >= 11 is 0. The summed E-state index contributed by atoms with van der Waals surface area (Å²) in [5, 5.41) is 43.8. The molecule has 0 rings (SSSR count). The van der Waals surface area contributed by atoms with Gasteiger partial charge < -0.3 is 25.2 Å². The van der Waals surface area contributed by atoms with E-state index in [1.807, 2.05) is 13.8 Å². The Morgan fingerprint density at radius 3 is 0.897 bits per heavy atom. The number of aliphatic hydroxyl groups excluding tert-OH is 2. The molecule has 29 heavy (non-hydrogen) atoms. The van der Waals surface area contributed by atoms with Gasteiger partial charge in [-0.3, -0.25) is 0 Å². The van der Waals surface area contributed by atoms with Crippen LogP contribution < -0.4 is 0 Å². The molecule has 2 unspecified atom stereocenters. The Morgan fingerprint density at radius 2 is 0.724 bits per heavy atom. The van der Waals surface area contributed by atoms with Gasteiger partial charge in [-0.05, 0) is 38.5 Å². The highest BCUT2D eigenvalue weighted by atomic mass is 16.6. The van der Waals surface area contributed by atoms with Gasteiger partial charge in [-0.2, -0.15) is 0 Å². The van der Waals surface area contributed by atoms with Crippen molar-refractivity contribution in [2.45, 2.75) is 141 Å². The molecule has 5 heteroatoms. The third-order valence-corrected chi connectivity index (χ3v) is 6.55. The fraction of sp³-hybridized carbons (Fsp3) is 1.00. The first-order chi connectivity index (χ1) is 13.7. The molecule has 0 saturated carbocycles. The molecule has 176 valence electrons. The van der Waals surface area contributed by atoms with Crippen molar-refractivity contribution in [2.75, 3.05) is 13.2 Å². The van der Waals surface area contributed by atoms with Crippen LogP contribution in [0.5, 0.6) is 0 Å². The summed E-state index contributed by atoms with van der Waals surface area (Å²) in [5.74, 6) is 0. The Kier molecular flexibility index (Phi) is 13.2. The maximum atomic E-state index is 11.6. The van der Waals surface area contributed by atoms with Gasteiger partial charge in [0.25, 0.3) is 0 Å². The van der Waals surface area contributed by atoms with Crippen molar-refractivity contribution in [1.29, 1.82) is 0 Å². The molecule has 0 spiro atoms. The van der Waals surface area contributed by atoms with E-state index in [4.69, 9.17) is 4.74 Å². The van der Waals surface area contributed by atoms with Crippen molar-refractivity contribution in [3.8, 4) is 0 Å². The zero-order valence-corrected chi connectivity index (χ0v) is 20.1. The molecule has 0 aromatic carbocycles. The van der Waals surface area contributed by atoms with E-state index in [0.29, 0.717) is 38.5 Å². The topological polar surface area (TPSA) is 90.2 Å². The van der Waals surface area contributed by atoms with E-state index in [-0.39, 0.29) is 13.2 Å². The molecule has 0 fully saturated rings. The zero-order valence-electron chi connectivity index (χ0n) is 20.1. The summed E-state index contributed by atoms with van der Waals surface area (Å²) in [6.45, 7) is 11.5. The van der Waals surface area contributed by atoms with Crippen LogP contribution in [0.15, 0.2) is 0 Å².